The van der Waals surface area contributed by atoms with Crippen LogP contribution in [-0.4, -0.2) is 11.2 Å². The van der Waals surface area contributed by atoms with E-state index < -0.39 is 18.0 Å². The molecule has 2 rings (SSSR count). The second-order valence-corrected chi connectivity index (χ2v) is 5.63. The molecule has 1 aliphatic rings. The Labute approximate surface area is 116 Å². The highest BCUT2D eigenvalue weighted by Crippen LogP contribution is 2.36. The van der Waals surface area contributed by atoms with Crippen molar-refractivity contribution in [3.05, 3.63) is 33.6 Å². The fraction of sp³-hybridized carbons (Fsp3) is 0.538. The molecule has 0 bridgehead atoms. The van der Waals surface area contributed by atoms with Crippen molar-refractivity contribution >= 4 is 23.2 Å². The lowest BCUT2D eigenvalue weighted by molar-refractivity contribution is 0.0833. The summed E-state index contributed by atoms with van der Waals surface area (Å²) in [6.07, 6.45) is 3.24. The molecule has 1 aromatic rings. The molecule has 1 saturated carbocycles. The van der Waals surface area contributed by atoms with Gasteiger partial charge < -0.3 is 10.8 Å². The van der Waals surface area contributed by atoms with Gasteiger partial charge in [0, 0.05) is 10.6 Å². The zero-order valence-electron chi connectivity index (χ0n) is 9.87. The first kappa shape index (κ1) is 14.1. The molecule has 3 N–H and O–H groups in total. The predicted octanol–water partition coefficient (Wildman–Crippen LogP) is 3.68. The second kappa shape index (κ2) is 5.74. The molecule has 1 aliphatic carbocycles. The Morgan fingerprint density at radius 3 is 2.39 bits per heavy atom. The fourth-order valence-electron chi connectivity index (χ4n) is 2.61. The van der Waals surface area contributed by atoms with Gasteiger partial charge in [0.05, 0.1) is 17.2 Å². The first-order chi connectivity index (χ1) is 8.52. The molecule has 1 aromatic carbocycles. The van der Waals surface area contributed by atoms with Crippen molar-refractivity contribution in [2.24, 2.45) is 11.7 Å². The molecule has 2 atom stereocenters. The van der Waals surface area contributed by atoms with Gasteiger partial charge in [-0.05, 0) is 30.9 Å². The monoisotopic (exact) mass is 291 g/mol. The Kier molecular flexibility index (Phi) is 4.49. The molecule has 0 amide bonds. The number of aliphatic hydroxyl groups is 1. The molecule has 0 spiro atoms. The Hall–Kier alpha value is -0.350. The van der Waals surface area contributed by atoms with Crippen LogP contribution >= 0.6 is 23.2 Å². The van der Waals surface area contributed by atoms with Gasteiger partial charge >= 0.3 is 0 Å². The lowest BCUT2D eigenvalue weighted by Gasteiger charge is -2.25. The Morgan fingerprint density at radius 1 is 1.22 bits per heavy atom. The number of rotatable bonds is 3. The van der Waals surface area contributed by atoms with E-state index in [2.05, 4.69) is 0 Å². The Morgan fingerprint density at radius 2 is 1.78 bits per heavy atom. The minimum atomic E-state index is -0.834. The van der Waals surface area contributed by atoms with Crippen LogP contribution in [0.3, 0.4) is 0 Å². The average Bonchev–Trinajstić information content (AvgIpc) is 2.87. The maximum absolute atomic E-state index is 14.0. The number of hydrogen-bond donors (Lipinski definition) is 2. The van der Waals surface area contributed by atoms with E-state index in [-0.39, 0.29) is 21.5 Å². The lowest BCUT2D eigenvalue weighted by Crippen LogP contribution is -2.32. The van der Waals surface area contributed by atoms with Crippen molar-refractivity contribution < 1.29 is 9.50 Å². The van der Waals surface area contributed by atoms with Crippen LogP contribution in [0.15, 0.2) is 12.1 Å². The van der Waals surface area contributed by atoms with Crippen LogP contribution in [0.4, 0.5) is 4.39 Å². The first-order valence-corrected chi connectivity index (χ1v) is 6.85. The third kappa shape index (κ3) is 2.64. The summed E-state index contributed by atoms with van der Waals surface area (Å²) in [6, 6.07) is 2.06. The molecule has 0 unspecified atom stereocenters. The smallest absolute Gasteiger partial charge is 0.148 e. The number of aliphatic hydroxyl groups excluding tert-OH is 1. The largest absolute Gasteiger partial charge is 0.391 e. The molecule has 0 radical (unpaired) electrons. The third-order valence-electron chi connectivity index (χ3n) is 3.66. The number of hydrogen-bond acceptors (Lipinski definition) is 2. The zero-order valence-corrected chi connectivity index (χ0v) is 11.4. The van der Waals surface area contributed by atoms with Crippen molar-refractivity contribution in [2.75, 3.05) is 0 Å². The van der Waals surface area contributed by atoms with Crippen LogP contribution in [0, 0.1) is 11.7 Å². The average molecular weight is 292 g/mol. The van der Waals surface area contributed by atoms with Gasteiger partial charge in [0.1, 0.15) is 5.82 Å². The van der Waals surface area contributed by atoms with E-state index in [4.69, 9.17) is 28.9 Å². The maximum Gasteiger partial charge on any atom is 0.148 e. The Balaban J connectivity index is 2.27. The van der Waals surface area contributed by atoms with Gasteiger partial charge in [-0.2, -0.15) is 0 Å². The first-order valence-electron chi connectivity index (χ1n) is 6.09. The molecular formula is C13H16Cl2FNO. The highest BCUT2D eigenvalue weighted by Gasteiger charge is 2.31. The van der Waals surface area contributed by atoms with Crippen molar-refractivity contribution in [2.45, 2.75) is 37.8 Å². The van der Waals surface area contributed by atoms with Crippen molar-refractivity contribution in [1.82, 2.24) is 0 Å². The summed E-state index contributed by atoms with van der Waals surface area (Å²) in [4.78, 5) is 0. The molecule has 0 heterocycles. The maximum atomic E-state index is 14.0. The van der Waals surface area contributed by atoms with E-state index in [9.17, 15) is 9.50 Å². The van der Waals surface area contributed by atoms with Gasteiger partial charge in [-0.3, -0.25) is 0 Å². The third-order valence-corrected chi connectivity index (χ3v) is 4.29. The number of nitrogens with two attached hydrogens (primary N) is 1. The molecule has 18 heavy (non-hydrogen) atoms. The van der Waals surface area contributed by atoms with E-state index in [0.717, 1.165) is 25.7 Å². The van der Waals surface area contributed by atoms with Gasteiger partial charge in [0.25, 0.3) is 0 Å². The van der Waals surface area contributed by atoms with Crippen LogP contribution in [0.5, 0.6) is 0 Å². The highest BCUT2D eigenvalue weighted by molar-refractivity contribution is 6.33. The van der Waals surface area contributed by atoms with Crippen LogP contribution < -0.4 is 5.73 Å². The van der Waals surface area contributed by atoms with Crippen LogP contribution in [0.25, 0.3) is 0 Å². The second-order valence-electron chi connectivity index (χ2n) is 4.82. The van der Waals surface area contributed by atoms with E-state index in [1.807, 2.05) is 0 Å². The van der Waals surface area contributed by atoms with Gasteiger partial charge in [-0.25, -0.2) is 4.39 Å². The molecule has 0 saturated heterocycles. The van der Waals surface area contributed by atoms with Gasteiger partial charge in [-0.15, -0.1) is 0 Å². The predicted molar refractivity (Wildman–Crippen MR) is 71.3 cm³/mol. The van der Waals surface area contributed by atoms with Gasteiger partial charge in [0.2, 0.25) is 0 Å². The molecule has 100 valence electrons. The minimum Gasteiger partial charge on any atom is -0.391 e. The lowest BCUT2D eigenvalue weighted by atomic mass is 9.90. The number of halogens is 3. The summed E-state index contributed by atoms with van der Waals surface area (Å²) in [5, 5.41) is 10.4. The van der Waals surface area contributed by atoms with Gasteiger partial charge in [-0.1, -0.05) is 36.0 Å². The van der Waals surface area contributed by atoms with E-state index in [1.54, 1.807) is 0 Å². The van der Waals surface area contributed by atoms with Crippen LogP contribution in [0.2, 0.25) is 10.0 Å². The number of benzene rings is 1. The summed E-state index contributed by atoms with van der Waals surface area (Å²) in [6.45, 7) is 0. The minimum absolute atomic E-state index is 0.0246. The molecule has 2 nitrogen and oxygen atoms in total. The van der Waals surface area contributed by atoms with Crippen molar-refractivity contribution in [3.8, 4) is 0 Å². The molecular weight excluding hydrogens is 276 g/mol. The standard InChI is InChI=1S/C13H16Cl2FNO/c14-8-5-6-9(15)11(16)10(8)12(17)13(18)7-3-1-2-4-7/h5-7,12-13,18H,1-4,17H2/t12-,13+/m0/s1. The quantitative estimate of drug-likeness (QED) is 0.835. The summed E-state index contributed by atoms with van der Waals surface area (Å²) in [5.74, 6) is -0.511. The summed E-state index contributed by atoms with van der Waals surface area (Å²) >= 11 is 11.7. The SMILES string of the molecule is N[C@@H](c1c(Cl)ccc(Cl)c1F)[C@H](O)C1CCCC1. The molecule has 5 heteroatoms. The van der Waals surface area contributed by atoms with E-state index >= 15 is 0 Å². The zero-order chi connectivity index (χ0) is 13.3. The van der Waals surface area contributed by atoms with E-state index in [1.165, 1.54) is 12.1 Å². The Bertz CT molecular complexity index is 435. The summed E-state index contributed by atoms with van der Waals surface area (Å²) in [5.41, 5.74) is 6.07. The topological polar surface area (TPSA) is 46.2 Å². The molecule has 0 aliphatic heterocycles. The normalized spacial score (nSPS) is 20.1. The van der Waals surface area contributed by atoms with Crippen molar-refractivity contribution in [1.29, 1.82) is 0 Å². The molecule has 0 aromatic heterocycles. The fourth-order valence-corrected chi connectivity index (χ4v) is 3.05. The van der Waals surface area contributed by atoms with Crippen molar-refractivity contribution in [3.63, 3.8) is 0 Å². The van der Waals surface area contributed by atoms with Crippen LogP contribution in [-0.2, 0) is 0 Å². The summed E-state index contributed by atoms with van der Waals surface area (Å²) < 4.78 is 14.0. The molecule has 1 fully saturated rings. The summed E-state index contributed by atoms with van der Waals surface area (Å²) in [7, 11) is 0. The van der Waals surface area contributed by atoms with E-state index in [0.29, 0.717) is 0 Å². The highest BCUT2D eigenvalue weighted by atomic mass is 35.5. The van der Waals surface area contributed by atoms with Crippen LogP contribution in [0.1, 0.15) is 37.3 Å². The van der Waals surface area contributed by atoms with Gasteiger partial charge in [0.15, 0.2) is 0 Å².